The number of hydrogen-bond acceptors (Lipinski definition) is 5. The zero-order chi connectivity index (χ0) is 13.4. The molecule has 100 valence electrons. The van der Waals surface area contributed by atoms with Crippen molar-refractivity contribution in [3.05, 3.63) is 28.3 Å². The lowest BCUT2D eigenvalue weighted by Gasteiger charge is -2.09. The van der Waals surface area contributed by atoms with E-state index in [-0.39, 0.29) is 5.69 Å². The highest BCUT2D eigenvalue weighted by Gasteiger charge is 2.22. The molecular formula is C13H15N3O3. The van der Waals surface area contributed by atoms with E-state index in [1.54, 1.807) is 6.07 Å². The molecule has 0 spiro atoms. The largest absolute Gasteiger partial charge is 0.423 e. The van der Waals surface area contributed by atoms with Crippen LogP contribution in [0, 0.1) is 16.0 Å². The van der Waals surface area contributed by atoms with Gasteiger partial charge in [0.15, 0.2) is 5.58 Å². The zero-order valence-electron chi connectivity index (χ0n) is 10.6. The topological polar surface area (TPSA) is 81.2 Å². The maximum Gasteiger partial charge on any atom is 0.295 e. The number of non-ortho nitro benzene ring substituents is 1. The fourth-order valence-electron chi connectivity index (χ4n) is 2.60. The van der Waals surface area contributed by atoms with E-state index in [1.165, 1.54) is 18.6 Å². The van der Waals surface area contributed by atoms with Gasteiger partial charge in [-0.05, 0) is 31.2 Å². The van der Waals surface area contributed by atoms with Crippen LogP contribution in [0.5, 0.6) is 0 Å². The average molecular weight is 261 g/mol. The molecule has 3 rings (SSSR count). The third kappa shape index (κ3) is 2.38. The second kappa shape index (κ2) is 4.53. The lowest BCUT2D eigenvalue weighted by atomic mass is 10.1. The first-order valence-electron chi connectivity index (χ1n) is 6.43. The van der Waals surface area contributed by atoms with Gasteiger partial charge in [0.05, 0.1) is 11.0 Å². The number of fused-ring (bicyclic) bond motifs is 1. The van der Waals surface area contributed by atoms with Crippen LogP contribution in [0.3, 0.4) is 0 Å². The quantitative estimate of drug-likeness (QED) is 0.677. The number of nitro groups is 1. The van der Waals surface area contributed by atoms with E-state index in [0.29, 0.717) is 23.2 Å². The highest BCUT2D eigenvalue weighted by Crippen LogP contribution is 2.29. The molecule has 2 unspecified atom stereocenters. The predicted molar refractivity (Wildman–Crippen MR) is 71.1 cm³/mol. The van der Waals surface area contributed by atoms with E-state index in [9.17, 15) is 10.1 Å². The van der Waals surface area contributed by atoms with Gasteiger partial charge in [-0.15, -0.1) is 0 Å². The van der Waals surface area contributed by atoms with E-state index < -0.39 is 4.92 Å². The molecule has 0 bridgehead atoms. The molecule has 1 saturated carbocycles. The molecule has 2 atom stereocenters. The number of nitrogens with zero attached hydrogens (tertiary/aromatic N) is 2. The molecule has 1 heterocycles. The van der Waals surface area contributed by atoms with Crippen LogP contribution < -0.4 is 5.32 Å². The molecule has 0 saturated heterocycles. The summed E-state index contributed by atoms with van der Waals surface area (Å²) < 4.78 is 5.53. The Kier molecular flexibility index (Phi) is 2.85. The van der Waals surface area contributed by atoms with Gasteiger partial charge in [-0.25, -0.2) is 0 Å². The Balaban J connectivity index is 1.83. The Morgan fingerprint density at radius 2 is 2.32 bits per heavy atom. The van der Waals surface area contributed by atoms with Gasteiger partial charge in [0.1, 0.15) is 5.52 Å². The Bertz CT molecular complexity index is 623. The highest BCUT2D eigenvalue weighted by molar-refractivity contribution is 5.77. The number of aromatic nitrogens is 1. The maximum atomic E-state index is 10.7. The van der Waals surface area contributed by atoms with Crippen LogP contribution in [0.25, 0.3) is 11.1 Å². The van der Waals surface area contributed by atoms with Crippen LogP contribution in [0.2, 0.25) is 0 Å². The second-order valence-corrected chi connectivity index (χ2v) is 5.19. The number of anilines is 1. The number of hydrogen-bond donors (Lipinski definition) is 1. The Morgan fingerprint density at radius 3 is 3.00 bits per heavy atom. The van der Waals surface area contributed by atoms with Gasteiger partial charge in [0.25, 0.3) is 11.7 Å². The van der Waals surface area contributed by atoms with Crippen molar-refractivity contribution in [2.75, 3.05) is 5.32 Å². The Hall–Kier alpha value is -2.11. The van der Waals surface area contributed by atoms with E-state index in [4.69, 9.17) is 4.42 Å². The number of benzene rings is 1. The zero-order valence-corrected chi connectivity index (χ0v) is 10.6. The van der Waals surface area contributed by atoms with E-state index in [2.05, 4.69) is 17.2 Å². The normalized spacial score (nSPS) is 22.8. The molecule has 1 fully saturated rings. The molecule has 0 radical (unpaired) electrons. The van der Waals surface area contributed by atoms with Crippen molar-refractivity contribution in [1.29, 1.82) is 0 Å². The number of nitro benzene ring substituents is 1. The van der Waals surface area contributed by atoms with Gasteiger partial charge in [-0.2, -0.15) is 4.98 Å². The van der Waals surface area contributed by atoms with Crippen molar-refractivity contribution in [1.82, 2.24) is 4.98 Å². The molecular weight excluding hydrogens is 246 g/mol. The molecule has 0 amide bonds. The van der Waals surface area contributed by atoms with E-state index >= 15 is 0 Å². The molecule has 1 aromatic carbocycles. The summed E-state index contributed by atoms with van der Waals surface area (Å²) >= 11 is 0. The van der Waals surface area contributed by atoms with Crippen LogP contribution in [-0.4, -0.2) is 15.9 Å². The van der Waals surface area contributed by atoms with Gasteiger partial charge in [-0.1, -0.05) is 6.92 Å². The molecule has 6 heteroatoms. The summed E-state index contributed by atoms with van der Waals surface area (Å²) in [6.07, 6.45) is 3.43. The van der Waals surface area contributed by atoms with Crippen molar-refractivity contribution in [2.45, 2.75) is 32.2 Å². The fourth-order valence-corrected chi connectivity index (χ4v) is 2.60. The van der Waals surface area contributed by atoms with E-state index in [1.807, 2.05) is 0 Å². The first kappa shape index (κ1) is 12.0. The summed E-state index contributed by atoms with van der Waals surface area (Å²) in [5.74, 6) is 0.725. The monoisotopic (exact) mass is 261 g/mol. The van der Waals surface area contributed by atoms with Crippen LogP contribution in [0.1, 0.15) is 26.2 Å². The summed E-state index contributed by atoms with van der Waals surface area (Å²) in [6.45, 7) is 2.23. The molecule has 0 aliphatic heterocycles. The highest BCUT2D eigenvalue weighted by atomic mass is 16.6. The Morgan fingerprint density at radius 1 is 1.47 bits per heavy atom. The van der Waals surface area contributed by atoms with Crippen LogP contribution in [0.4, 0.5) is 11.7 Å². The molecule has 1 N–H and O–H groups in total. The number of oxazole rings is 1. The van der Waals surface area contributed by atoms with Crippen molar-refractivity contribution in [2.24, 2.45) is 5.92 Å². The molecule has 1 aromatic heterocycles. The summed E-state index contributed by atoms with van der Waals surface area (Å²) in [4.78, 5) is 14.6. The Labute approximate surface area is 110 Å². The fraction of sp³-hybridized carbons (Fsp3) is 0.462. The molecule has 6 nitrogen and oxygen atoms in total. The second-order valence-electron chi connectivity index (χ2n) is 5.19. The molecule has 1 aliphatic carbocycles. The summed E-state index contributed by atoms with van der Waals surface area (Å²) in [7, 11) is 0. The average Bonchev–Trinajstić information content (AvgIpc) is 2.94. The molecule has 19 heavy (non-hydrogen) atoms. The summed E-state index contributed by atoms with van der Waals surface area (Å²) in [5.41, 5.74) is 1.10. The molecule has 1 aliphatic rings. The predicted octanol–water partition coefficient (Wildman–Crippen LogP) is 3.34. The first-order valence-corrected chi connectivity index (χ1v) is 6.43. The SMILES string of the molecule is CC1CCC(Nc2nc3ccc([N+](=O)[O-])cc3o2)C1. The third-order valence-electron chi connectivity index (χ3n) is 3.61. The molecule has 2 aromatic rings. The minimum Gasteiger partial charge on any atom is -0.423 e. The summed E-state index contributed by atoms with van der Waals surface area (Å²) in [5, 5.41) is 14.0. The van der Waals surface area contributed by atoms with Crippen LogP contribution >= 0.6 is 0 Å². The van der Waals surface area contributed by atoms with Gasteiger partial charge >= 0.3 is 0 Å². The van der Waals surface area contributed by atoms with E-state index in [0.717, 1.165) is 18.8 Å². The van der Waals surface area contributed by atoms with Gasteiger partial charge in [0, 0.05) is 12.1 Å². The standard InChI is InChI=1S/C13H15N3O3/c1-8-2-3-9(6-8)14-13-15-11-5-4-10(16(17)18)7-12(11)19-13/h4-5,7-9H,2-3,6H2,1H3,(H,14,15). The van der Waals surface area contributed by atoms with Crippen molar-refractivity contribution in [3.8, 4) is 0 Å². The van der Waals surface area contributed by atoms with Gasteiger partial charge < -0.3 is 9.73 Å². The van der Waals surface area contributed by atoms with Crippen LogP contribution in [0.15, 0.2) is 22.6 Å². The lowest BCUT2D eigenvalue weighted by molar-refractivity contribution is -0.384. The van der Waals surface area contributed by atoms with Gasteiger partial charge in [0.2, 0.25) is 0 Å². The third-order valence-corrected chi connectivity index (χ3v) is 3.61. The minimum absolute atomic E-state index is 0.0182. The smallest absolute Gasteiger partial charge is 0.295 e. The van der Waals surface area contributed by atoms with Gasteiger partial charge in [-0.3, -0.25) is 10.1 Å². The van der Waals surface area contributed by atoms with Crippen molar-refractivity contribution in [3.63, 3.8) is 0 Å². The maximum absolute atomic E-state index is 10.7. The summed E-state index contributed by atoms with van der Waals surface area (Å²) in [6, 6.07) is 5.30. The van der Waals surface area contributed by atoms with Crippen LogP contribution in [-0.2, 0) is 0 Å². The van der Waals surface area contributed by atoms with Crippen molar-refractivity contribution >= 4 is 22.8 Å². The van der Waals surface area contributed by atoms with Crippen molar-refractivity contribution < 1.29 is 9.34 Å². The lowest BCUT2D eigenvalue weighted by Crippen LogP contribution is -2.15. The number of nitrogens with one attached hydrogen (secondary N) is 1. The number of rotatable bonds is 3. The first-order chi connectivity index (χ1) is 9.11. The minimum atomic E-state index is -0.437.